The van der Waals surface area contributed by atoms with Gasteiger partial charge in [0.05, 0.1) is 17.6 Å². The molecule has 0 saturated heterocycles. The van der Waals surface area contributed by atoms with Gasteiger partial charge in [0.2, 0.25) is 5.95 Å². The van der Waals surface area contributed by atoms with Gasteiger partial charge in [0.1, 0.15) is 6.04 Å². The molecule has 1 aromatic heterocycles. The Morgan fingerprint density at radius 2 is 2.26 bits per heavy atom. The Balaban J connectivity index is 2.19. The monoisotopic (exact) mass is 316 g/mol. The molecule has 2 aromatic rings. The number of nitrogens with zero attached hydrogens (tertiary/aromatic N) is 5. The lowest BCUT2D eigenvalue weighted by atomic mass is 9.95. The molecule has 2 heterocycles. The molecule has 0 radical (unpaired) electrons. The molecule has 1 aliphatic rings. The number of nitrogens with one attached hydrogen (secondary N) is 1. The molecular formula is C13H12N6O4. The Hall–Kier alpha value is -3.30. The second-order valence-corrected chi connectivity index (χ2v) is 4.86. The van der Waals surface area contributed by atoms with Crippen LogP contribution in [0.4, 0.5) is 11.6 Å². The summed E-state index contributed by atoms with van der Waals surface area (Å²) in [7, 11) is 1.27. The van der Waals surface area contributed by atoms with Crippen LogP contribution in [0.5, 0.6) is 0 Å². The number of nitro groups is 1. The zero-order valence-electron chi connectivity index (χ0n) is 12.3. The molecule has 0 unspecified atom stereocenters. The summed E-state index contributed by atoms with van der Waals surface area (Å²) < 4.78 is 6.22. The van der Waals surface area contributed by atoms with Crippen molar-refractivity contribution in [1.82, 2.24) is 20.2 Å². The highest BCUT2D eigenvalue weighted by atomic mass is 16.6. The normalized spacial score (nSPS) is 16.5. The third-order valence-corrected chi connectivity index (χ3v) is 3.52. The smallest absolute Gasteiger partial charge is 0.338 e. The molecule has 1 aromatic carbocycles. The number of allylic oxidation sites excluding steroid dienone is 1. The molecule has 3 rings (SSSR count). The first-order valence-corrected chi connectivity index (χ1v) is 6.61. The Bertz CT molecular complexity index is 827. The van der Waals surface area contributed by atoms with Gasteiger partial charge in [-0.05, 0) is 22.9 Å². The average Bonchev–Trinajstić information content (AvgIpc) is 3.00. The van der Waals surface area contributed by atoms with Gasteiger partial charge in [-0.25, -0.2) is 4.79 Å². The van der Waals surface area contributed by atoms with Gasteiger partial charge < -0.3 is 10.1 Å². The van der Waals surface area contributed by atoms with Crippen LogP contribution in [0.1, 0.15) is 18.5 Å². The number of aromatic nitrogens is 4. The zero-order chi connectivity index (χ0) is 16.6. The van der Waals surface area contributed by atoms with Crippen LogP contribution >= 0.6 is 0 Å². The fourth-order valence-corrected chi connectivity index (χ4v) is 2.50. The van der Waals surface area contributed by atoms with Crippen molar-refractivity contribution in [3.05, 3.63) is 51.2 Å². The quantitative estimate of drug-likeness (QED) is 0.506. The van der Waals surface area contributed by atoms with Gasteiger partial charge in [0.15, 0.2) is 0 Å². The third kappa shape index (κ3) is 2.39. The molecule has 1 atom stereocenters. The minimum absolute atomic E-state index is 0.0856. The van der Waals surface area contributed by atoms with Gasteiger partial charge in [-0.3, -0.25) is 10.1 Å². The molecular weight excluding hydrogens is 304 g/mol. The first kappa shape index (κ1) is 14.6. The van der Waals surface area contributed by atoms with Crippen molar-refractivity contribution in [1.29, 1.82) is 0 Å². The molecule has 0 aliphatic carbocycles. The standard InChI is InChI=1S/C13H12N6O4/c1-7-10(12(20)23-2)11(18-13(14-7)15-16-17-18)8-4-3-5-9(6-8)19(21)22/h3-6,11H,1-2H3,(H,14,15,17)/t11-/m1/s1. The predicted octanol–water partition coefficient (Wildman–Crippen LogP) is 1.04. The van der Waals surface area contributed by atoms with Crippen LogP contribution < -0.4 is 5.32 Å². The number of non-ortho nitro benzene ring substituents is 1. The molecule has 10 heteroatoms. The van der Waals surface area contributed by atoms with Gasteiger partial charge in [0, 0.05) is 17.8 Å². The molecule has 0 spiro atoms. The van der Waals surface area contributed by atoms with Crippen LogP contribution in [0.3, 0.4) is 0 Å². The fourth-order valence-electron chi connectivity index (χ4n) is 2.50. The van der Waals surface area contributed by atoms with Gasteiger partial charge in [-0.1, -0.05) is 17.2 Å². The number of rotatable bonds is 3. The van der Waals surface area contributed by atoms with Crippen LogP contribution in [-0.4, -0.2) is 38.2 Å². The van der Waals surface area contributed by atoms with Gasteiger partial charge >= 0.3 is 5.97 Å². The maximum absolute atomic E-state index is 12.2. The number of hydrogen-bond acceptors (Lipinski definition) is 8. The largest absolute Gasteiger partial charge is 0.466 e. The van der Waals surface area contributed by atoms with E-state index in [0.29, 0.717) is 17.2 Å². The number of hydrogen-bond donors (Lipinski definition) is 1. The summed E-state index contributed by atoms with van der Waals surface area (Å²) in [6.45, 7) is 1.69. The highest BCUT2D eigenvalue weighted by molar-refractivity contribution is 5.92. The predicted molar refractivity (Wildman–Crippen MR) is 77.4 cm³/mol. The van der Waals surface area contributed by atoms with E-state index in [9.17, 15) is 14.9 Å². The van der Waals surface area contributed by atoms with Gasteiger partial charge in [-0.15, -0.1) is 0 Å². The van der Waals surface area contributed by atoms with Gasteiger partial charge in [-0.2, -0.15) is 4.68 Å². The molecule has 0 saturated carbocycles. The first-order chi connectivity index (χ1) is 11.0. The van der Waals surface area contributed by atoms with Crippen LogP contribution in [0, 0.1) is 10.1 Å². The lowest BCUT2D eigenvalue weighted by Crippen LogP contribution is -2.29. The fraction of sp³-hybridized carbons (Fsp3) is 0.231. The lowest BCUT2D eigenvalue weighted by Gasteiger charge is -2.26. The molecule has 0 bridgehead atoms. The Kier molecular flexibility index (Phi) is 3.48. The highest BCUT2D eigenvalue weighted by Gasteiger charge is 2.35. The maximum Gasteiger partial charge on any atom is 0.338 e. The average molecular weight is 316 g/mol. The zero-order valence-corrected chi connectivity index (χ0v) is 12.3. The van der Waals surface area contributed by atoms with E-state index in [0.717, 1.165) is 0 Å². The van der Waals surface area contributed by atoms with Crippen molar-refractivity contribution in [2.45, 2.75) is 13.0 Å². The number of anilines is 1. The molecule has 1 N–H and O–H groups in total. The summed E-state index contributed by atoms with van der Waals surface area (Å²) in [6.07, 6.45) is 0. The second-order valence-electron chi connectivity index (χ2n) is 4.86. The Morgan fingerprint density at radius 3 is 2.96 bits per heavy atom. The Labute approximate surface area is 129 Å². The Morgan fingerprint density at radius 1 is 1.48 bits per heavy atom. The van der Waals surface area contributed by atoms with Crippen LogP contribution in [0.15, 0.2) is 35.5 Å². The summed E-state index contributed by atoms with van der Waals surface area (Å²) in [5.41, 5.74) is 1.23. The number of ether oxygens (including phenoxy) is 1. The minimum atomic E-state index is -0.714. The van der Waals surface area contributed by atoms with Crippen LogP contribution in [-0.2, 0) is 9.53 Å². The van der Waals surface area contributed by atoms with E-state index in [1.165, 1.54) is 23.9 Å². The van der Waals surface area contributed by atoms with Crippen molar-refractivity contribution in [2.24, 2.45) is 0 Å². The lowest BCUT2D eigenvalue weighted by molar-refractivity contribution is -0.384. The van der Waals surface area contributed by atoms with Crippen molar-refractivity contribution in [3.8, 4) is 0 Å². The van der Waals surface area contributed by atoms with Crippen LogP contribution in [0.2, 0.25) is 0 Å². The molecule has 10 nitrogen and oxygen atoms in total. The van der Waals surface area contributed by atoms with E-state index in [-0.39, 0.29) is 11.3 Å². The number of methoxy groups -OCH3 is 1. The maximum atomic E-state index is 12.2. The third-order valence-electron chi connectivity index (χ3n) is 3.52. The summed E-state index contributed by atoms with van der Waals surface area (Å²) >= 11 is 0. The van der Waals surface area contributed by atoms with Gasteiger partial charge in [0.25, 0.3) is 5.69 Å². The topological polar surface area (TPSA) is 125 Å². The summed E-state index contributed by atoms with van der Waals surface area (Å²) in [5, 5.41) is 25.2. The number of esters is 1. The van der Waals surface area contributed by atoms with E-state index in [2.05, 4.69) is 20.8 Å². The number of nitro benzene ring substituents is 1. The van der Waals surface area contributed by atoms with E-state index in [1.54, 1.807) is 19.1 Å². The molecule has 0 fully saturated rings. The molecule has 1 aliphatic heterocycles. The molecule has 23 heavy (non-hydrogen) atoms. The van der Waals surface area contributed by atoms with E-state index >= 15 is 0 Å². The number of benzene rings is 1. The first-order valence-electron chi connectivity index (χ1n) is 6.61. The SMILES string of the molecule is COC(=O)C1=C(C)Nc2nnnn2[C@@H]1c1cccc([N+](=O)[O-])c1. The summed E-state index contributed by atoms with van der Waals surface area (Å²) in [5.74, 6) is -0.223. The molecule has 0 amide bonds. The number of carbonyl (C=O) groups excluding carboxylic acids is 1. The number of tetrazole rings is 1. The van der Waals surface area contributed by atoms with E-state index in [4.69, 9.17) is 4.74 Å². The second kappa shape index (κ2) is 5.48. The van der Waals surface area contributed by atoms with Crippen molar-refractivity contribution >= 4 is 17.6 Å². The van der Waals surface area contributed by atoms with E-state index < -0.39 is 16.9 Å². The summed E-state index contributed by atoms with van der Waals surface area (Å²) in [6, 6.07) is 5.26. The number of carbonyl (C=O) groups is 1. The van der Waals surface area contributed by atoms with Crippen molar-refractivity contribution < 1.29 is 14.5 Å². The summed E-state index contributed by atoms with van der Waals surface area (Å²) in [4.78, 5) is 22.7. The minimum Gasteiger partial charge on any atom is -0.466 e. The van der Waals surface area contributed by atoms with Crippen LogP contribution in [0.25, 0.3) is 0 Å². The number of fused-ring (bicyclic) bond motifs is 1. The van der Waals surface area contributed by atoms with Crippen molar-refractivity contribution in [3.63, 3.8) is 0 Å². The highest BCUT2D eigenvalue weighted by Crippen LogP contribution is 2.35. The van der Waals surface area contributed by atoms with E-state index in [1.807, 2.05) is 0 Å². The van der Waals surface area contributed by atoms with Crippen molar-refractivity contribution in [2.75, 3.05) is 12.4 Å². The molecule has 118 valence electrons.